The topological polar surface area (TPSA) is 72.4 Å². The third-order valence-corrected chi connectivity index (χ3v) is 6.26. The van der Waals surface area contributed by atoms with Crippen molar-refractivity contribution in [3.8, 4) is 11.3 Å². The van der Waals surface area contributed by atoms with Gasteiger partial charge in [-0.15, -0.1) is 10.2 Å². The van der Waals surface area contributed by atoms with Gasteiger partial charge in [0.15, 0.2) is 5.69 Å². The average Bonchev–Trinajstić information content (AvgIpc) is 3.39. The first-order valence-corrected chi connectivity index (χ1v) is 10.8. The molecule has 4 heterocycles. The molecule has 32 heavy (non-hydrogen) atoms. The molecule has 1 aliphatic carbocycles. The van der Waals surface area contributed by atoms with Gasteiger partial charge in [0, 0.05) is 40.1 Å². The van der Waals surface area contributed by atoms with Crippen LogP contribution in [0.4, 0.5) is 19.0 Å². The van der Waals surface area contributed by atoms with E-state index in [4.69, 9.17) is 12.2 Å². The SMILES string of the molecule is [2H]C([2H])([C@H]1COCCO1)N1CC2CC(Nc3ccc(-c4cccnc4C(F)(F)F)nn3)CC2C1. The van der Waals surface area contributed by atoms with Crippen LogP contribution < -0.4 is 5.32 Å². The van der Waals surface area contributed by atoms with Gasteiger partial charge in [-0.3, -0.25) is 4.98 Å². The average molecular weight is 451 g/mol. The lowest BCUT2D eigenvalue weighted by Gasteiger charge is -2.28. The lowest BCUT2D eigenvalue weighted by Crippen LogP contribution is -2.39. The fourth-order valence-corrected chi connectivity index (χ4v) is 4.89. The van der Waals surface area contributed by atoms with Crippen molar-refractivity contribution >= 4 is 5.82 Å². The first-order valence-electron chi connectivity index (χ1n) is 11.8. The first kappa shape index (κ1) is 19.2. The van der Waals surface area contributed by atoms with Crippen LogP contribution in [0.2, 0.25) is 0 Å². The molecular weight excluding hydrogens is 423 g/mol. The molecule has 7 nitrogen and oxygen atoms in total. The van der Waals surface area contributed by atoms with E-state index >= 15 is 0 Å². The molecule has 2 aromatic heterocycles. The van der Waals surface area contributed by atoms with Crippen molar-refractivity contribution < 1.29 is 25.4 Å². The van der Waals surface area contributed by atoms with E-state index < -0.39 is 24.5 Å². The van der Waals surface area contributed by atoms with Crippen molar-refractivity contribution in [2.45, 2.75) is 31.2 Å². The Balaban J connectivity index is 1.19. The Morgan fingerprint density at radius 1 is 1.12 bits per heavy atom. The van der Waals surface area contributed by atoms with Crippen molar-refractivity contribution in [3.63, 3.8) is 0 Å². The minimum atomic E-state index is -4.57. The number of ether oxygens (including phenoxy) is 2. The number of hydrogen-bond acceptors (Lipinski definition) is 7. The summed E-state index contributed by atoms with van der Waals surface area (Å²) in [7, 11) is 0. The molecular formula is C22H26F3N5O2. The number of fused-ring (bicyclic) bond motifs is 1. The highest BCUT2D eigenvalue weighted by Crippen LogP contribution is 2.39. The number of aromatic nitrogens is 3. The molecule has 0 aromatic carbocycles. The van der Waals surface area contributed by atoms with E-state index in [9.17, 15) is 13.2 Å². The van der Waals surface area contributed by atoms with Gasteiger partial charge < -0.3 is 19.7 Å². The van der Waals surface area contributed by atoms with Gasteiger partial charge in [-0.1, -0.05) is 0 Å². The lowest BCUT2D eigenvalue weighted by molar-refractivity contribution is -0.140. The quantitative estimate of drug-likeness (QED) is 0.749. The zero-order valence-corrected chi connectivity index (χ0v) is 17.4. The van der Waals surface area contributed by atoms with E-state index in [-0.39, 0.29) is 23.9 Å². The third kappa shape index (κ3) is 4.72. The van der Waals surface area contributed by atoms with Crippen molar-refractivity contribution in [1.82, 2.24) is 20.1 Å². The number of likely N-dealkylation sites (tertiary alicyclic amines) is 1. The number of pyridine rings is 1. The molecule has 1 saturated carbocycles. The monoisotopic (exact) mass is 451 g/mol. The van der Waals surface area contributed by atoms with E-state index in [1.165, 1.54) is 18.2 Å². The second-order valence-electron chi connectivity index (χ2n) is 8.50. The fourth-order valence-electron chi connectivity index (χ4n) is 4.89. The lowest BCUT2D eigenvalue weighted by atomic mass is 10.0. The van der Waals surface area contributed by atoms with Crippen LogP contribution in [0.15, 0.2) is 30.5 Å². The van der Waals surface area contributed by atoms with Gasteiger partial charge in [-0.05, 0) is 48.9 Å². The Hall–Kier alpha value is -2.30. The van der Waals surface area contributed by atoms with E-state index in [0.717, 1.165) is 19.0 Å². The van der Waals surface area contributed by atoms with E-state index in [1.54, 1.807) is 6.07 Å². The highest BCUT2D eigenvalue weighted by Gasteiger charge is 2.41. The number of alkyl halides is 3. The van der Waals surface area contributed by atoms with Gasteiger partial charge in [-0.2, -0.15) is 13.2 Å². The maximum atomic E-state index is 13.2. The molecule has 0 bridgehead atoms. The normalized spacial score (nSPS) is 30.0. The minimum Gasteiger partial charge on any atom is -0.376 e. The van der Waals surface area contributed by atoms with Crippen LogP contribution in [-0.4, -0.2) is 71.6 Å². The Bertz CT molecular complexity index is 991. The Morgan fingerprint density at radius 3 is 2.59 bits per heavy atom. The van der Waals surface area contributed by atoms with Crippen LogP contribution in [0.3, 0.4) is 0 Å². The Morgan fingerprint density at radius 2 is 1.94 bits per heavy atom. The number of nitrogens with one attached hydrogen (secondary N) is 1. The Labute approximate surface area is 187 Å². The molecule has 2 unspecified atom stereocenters. The second-order valence-corrected chi connectivity index (χ2v) is 8.50. The molecule has 3 fully saturated rings. The number of anilines is 1. The van der Waals surface area contributed by atoms with Gasteiger partial charge in [0.05, 0.1) is 31.6 Å². The molecule has 5 rings (SSSR count). The molecule has 0 spiro atoms. The molecule has 0 amide bonds. The standard InChI is InChI=1S/C22H26F3N5O2/c23-22(24,25)21-18(2-1-5-26-21)19-3-4-20(29-28-19)27-16-8-14-10-30(11-15(14)9-16)12-17-13-31-6-7-32-17/h1-5,14-17H,6-13H2,(H,27,29)/t14?,15?,16?,17-/m0/s1/i12D2. The van der Waals surface area contributed by atoms with Crippen LogP contribution in [0.25, 0.3) is 11.3 Å². The molecule has 3 aliphatic rings. The molecule has 0 radical (unpaired) electrons. The van der Waals surface area contributed by atoms with E-state index in [2.05, 4.69) is 20.5 Å². The summed E-state index contributed by atoms with van der Waals surface area (Å²) < 4.78 is 67.8. The Kier molecular flexibility index (Phi) is 5.35. The maximum absolute atomic E-state index is 13.2. The third-order valence-electron chi connectivity index (χ3n) is 6.26. The smallest absolute Gasteiger partial charge is 0.376 e. The molecule has 1 N–H and O–H groups in total. The van der Waals surface area contributed by atoms with Crippen LogP contribution in [-0.2, 0) is 15.7 Å². The summed E-state index contributed by atoms with van der Waals surface area (Å²) in [5, 5.41) is 11.4. The van der Waals surface area contributed by atoms with Crippen LogP contribution in [0.5, 0.6) is 0 Å². The van der Waals surface area contributed by atoms with Gasteiger partial charge in [-0.25, -0.2) is 0 Å². The summed E-state index contributed by atoms with van der Waals surface area (Å²) in [6.45, 7) is 0.913. The number of nitrogens with zero attached hydrogens (tertiary/aromatic N) is 4. The zero-order chi connectivity index (χ0) is 23.9. The molecule has 2 aromatic rings. The largest absolute Gasteiger partial charge is 0.434 e. The van der Waals surface area contributed by atoms with Gasteiger partial charge >= 0.3 is 6.18 Å². The molecule has 172 valence electrons. The predicted octanol–water partition coefficient (Wildman–Crippen LogP) is 3.10. The van der Waals surface area contributed by atoms with E-state index in [1.807, 2.05) is 4.90 Å². The van der Waals surface area contributed by atoms with Gasteiger partial charge in [0.25, 0.3) is 0 Å². The number of rotatable bonds is 5. The number of halogens is 3. The van der Waals surface area contributed by atoms with Crippen molar-refractivity contribution in [2.75, 3.05) is 44.7 Å². The van der Waals surface area contributed by atoms with Gasteiger partial charge in [0.2, 0.25) is 0 Å². The summed E-state index contributed by atoms with van der Waals surface area (Å²) in [6, 6.07) is 6.07. The van der Waals surface area contributed by atoms with Crippen LogP contribution in [0, 0.1) is 11.8 Å². The predicted molar refractivity (Wildman–Crippen MR) is 111 cm³/mol. The zero-order valence-electron chi connectivity index (χ0n) is 19.4. The summed E-state index contributed by atoms with van der Waals surface area (Å²) in [5.74, 6) is 1.22. The van der Waals surface area contributed by atoms with E-state index in [0.29, 0.717) is 44.0 Å². The summed E-state index contributed by atoms with van der Waals surface area (Å²) in [4.78, 5) is 5.34. The molecule has 3 atom stereocenters. The van der Waals surface area contributed by atoms with Crippen molar-refractivity contribution in [1.29, 1.82) is 0 Å². The van der Waals surface area contributed by atoms with Crippen LogP contribution >= 0.6 is 0 Å². The summed E-state index contributed by atoms with van der Waals surface area (Å²) >= 11 is 0. The summed E-state index contributed by atoms with van der Waals surface area (Å²) in [5.41, 5.74) is -0.976. The highest BCUT2D eigenvalue weighted by molar-refractivity contribution is 5.62. The van der Waals surface area contributed by atoms with Gasteiger partial charge in [0.1, 0.15) is 5.82 Å². The second kappa shape index (κ2) is 8.92. The highest BCUT2D eigenvalue weighted by atomic mass is 19.4. The molecule has 2 aliphatic heterocycles. The maximum Gasteiger partial charge on any atom is 0.434 e. The van der Waals surface area contributed by atoms with Crippen molar-refractivity contribution in [3.05, 3.63) is 36.2 Å². The molecule has 2 saturated heterocycles. The summed E-state index contributed by atoms with van der Waals surface area (Å²) in [6.07, 6.45) is -2.32. The van der Waals surface area contributed by atoms with Crippen LogP contribution in [0.1, 0.15) is 21.3 Å². The first-order chi connectivity index (χ1) is 16.2. The van der Waals surface area contributed by atoms with Crippen molar-refractivity contribution in [2.24, 2.45) is 11.8 Å². The molecule has 10 heteroatoms. The fraction of sp³-hybridized carbons (Fsp3) is 0.591. The minimum absolute atomic E-state index is 0.105. The number of hydrogen-bond donors (Lipinski definition) is 1.